The molecule has 0 saturated carbocycles. The maximum absolute atomic E-state index is 10.9. The molecule has 0 aliphatic heterocycles. The topological polar surface area (TPSA) is 71.4 Å². The van der Waals surface area contributed by atoms with E-state index in [1.165, 1.54) is 12.1 Å². The average Bonchev–Trinajstić information content (AvgIpc) is 2.01. The molecule has 0 radical (unpaired) electrons. The van der Waals surface area contributed by atoms with Crippen LogP contribution < -0.4 is 0 Å². The maximum atomic E-state index is 10.9. The van der Waals surface area contributed by atoms with E-state index in [1.807, 2.05) is 0 Å². The summed E-state index contributed by atoms with van der Waals surface area (Å²) in [5.41, 5.74) is 0.438. The second-order valence-electron chi connectivity index (χ2n) is 2.78. The van der Waals surface area contributed by atoms with Crippen molar-refractivity contribution < 1.29 is 18.3 Å². The first-order valence-electron chi connectivity index (χ1n) is 3.60. The molecule has 1 N–H and O–H groups in total. The molecule has 4 nitrogen and oxygen atoms in total. The zero-order chi connectivity index (χ0) is 10.9. The minimum atomic E-state index is -3.87. The minimum Gasteiger partial charge on any atom is -0.478 e. The van der Waals surface area contributed by atoms with E-state index in [2.05, 4.69) is 0 Å². The molecule has 0 atom stereocenters. The first-order chi connectivity index (χ1) is 6.30. The summed E-state index contributed by atoms with van der Waals surface area (Å²) in [6, 6.07) is 3.71. The largest absolute Gasteiger partial charge is 0.478 e. The van der Waals surface area contributed by atoms with Crippen molar-refractivity contribution in [2.45, 2.75) is 11.8 Å². The Balaban J connectivity index is 3.43. The average molecular weight is 235 g/mol. The third-order valence-corrected chi connectivity index (χ3v) is 2.91. The van der Waals surface area contributed by atoms with Gasteiger partial charge >= 0.3 is 5.97 Å². The van der Waals surface area contributed by atoms with Crippen molar-refractivity contribution in [1.82, 2.24) is 0 Å². The molecule has 0 spiro atoms. The van der Waals surface area contributed by atoms with E-state index >= 15 is 0 Å². The van der Waals surface area contributed by atoms with Crippen LogP contribution in [0.4, 0.5) is 0 Å². The van der Waals surface area contributed by atoms with Crippen molar-refractivity contribution in [3.63, 3.8) is 0 Å². The summed E-state index contributed by atoms with van der Waals surface area (Å²) in [5, 5.41) is 8.66. The fourth-order valence-corrected chi connectivity index (χ4v) is 1.87. The number of aromatic carboxylic acids is 1. The van der Waals surface area contributed by atoms with Crippen LogP contribution in [0.25, 0.3) is 0 Å². The lowest BCUT2D eigenvalue weighted by Crippen LogP contribution is -2.00. The molecule has 0 bridgehead atoms. The predicted molar refractivity (Wildman–Crippen MR) is 51.2 cm³/mol. The molecule has 0 aromatic heterocycles. The van der Waals surface area contributed by atoms with Gasteiger partial charge in [-0.25, -0.2) is 13.2 Å². The number of benzene rings is 1. The zero-order valence-corrected chi connectivity index (χ0v) is 8.76. The lowest BCUT2D eigenvalue weighted by atomic mass is 10.1. The van der Waals surface area contributed by atoms with Crippen LogP contribution in [-0.4, -0.2) is 19.5 Å². The second-order valence-corrected chi connectivity index (χ2v) is 5.34. The van der Waals surface area contributed by atoms with Gasteiger partial charge < -0.3 is 5.11 Å². The van der Waals surface area contributed by atoms with Crippen molar-refractivity contribution in [2.75, 3.05) is 0 Å². The van der Waals surface area contributed by atoms with Crippen molar-refractivity contribution in [3.8, 4) is 0 Å². The van der Waals surface area contributed by atoms with Crippen LogP contribution in [0, 0.1) is 6.92 Å². The van der Waals surface area contributed by atoms with Crippen LogP contribution in [0.1, 0.15) is 15.9 Å². The van der Waals surface area contributed by atoms with Gasteiger partial charge in [-0.1, -0.05) is 0 Å². The molecule has 0 aliphatic rings. The fourth-order valence-electron chi connectivity index (χ4n) is 1.01. The number of halogens is 1. The number of carbonyl (C=O) groups is 1. The molecule has 1 aromatic carbocycles. The first-order valence-corrected chi connectivity index (χ1v) is 5.91. The Morgan fingerprint density at radius 2 is 1.93 bits per heavy atom. The Kier molecular flexibility index (Phi) is 2.82. The number of carboxylic acid groups (broad SMARTS) is 1. The van der Waals surface area contributed by atoms with Crippen LogP contribution in [0.15, 0.2) is 23.1 Å². The highest BCUT2D eigenvalue weighted by Gasteiger charge is 2.13. The molecule has 0 saturated heterocycles. The van der Waals surface area contributed by atoms with Crippen molar-refractivity contribution >= 4 is 25.7 Å². The van der Waals surface area contributed by atoms with Gasteiger partial charge in [0, 0.05) is 10.7 Å². The summed E-state index contributed by atoms with van der Waals surface area (Å²) in [4.78, 5) is 10.4. The van der Waals surface area contributed by atoms with Gasteiger partial charge in [0.1, 0.15) is 0 Å². The highest BCUT2D eigenvalue weighted by molar-refractivity contribution is 8.13. The summed E-state index contributed by atoms with van der Waals surface area (Å²) in [5.74, 6) is -1.18. The van der Waals surface area contributed by atoms with E-state index in [-0.39, 0.29) is 10.5 Å². The highest BCUT2D eigenvalue weighted by Crippen LogP contribution is 2.18. The molecular weight excluding hydrogens is 228 g/mol. The molecule has 1 aromatic rings. The number of aryl methyl sites for hydroxylation is 1. The lowest BCUT2D eigenvalue weighted by Gasteiger charge is -2.01. The van der Waals surface area contributed by atoms with E-state index in [4.69, 9.17) is 15.8 Å². The predicted octanol–water partition coefficient (Wildman–Crippen LogP) is 1.62. The normalized spacial score (nSPS) is 11.3. The molecule has 0 heterocycles. The minimum absolute atomic E-state index is 0.0933. The van der Waals surface area contributed by atoms with Gasteiger partial charge in [-0.05, 0) is 30.7 Å². The van der Waals surface area contributed by atoms with Crippen molar-refractivity contribution in [3.05, 3.63) is 29.3 Å². The SMILES string of the molecule is Cc1cc(C(=O)O)cc(S(=O)(=O)Cl)c1. The monoisotopic (exact) mass is 234 g/mol. The Morgan fingerprint density at radius 1 is 1.36 bits per heavy atom. The van der Waals surface area contributed by atoms with Gasteiger partial charge in [0.2, 0.25) is 0 Å². The summed E-state index contributed by atoms with van der Waals surface area (Å²) in [6.45, 7) is 1.60. The van der Waals surface area contributed by atoms with E-state index in [1.54, 1.807) is 6.92 Å². The smallest absolute Gasteiger partial charge is 0.335 e. The summed E-state index contributed by atoms with van der Waals surface area (Å²) in [7, 11) is 1.21. The second kappa shape index (κ2) is 3.59. The summed E-state index contributed by atoms with van der Waals surface area (Å²) < 4.78 is 21.9. The molecule has 0 fully saturated rings. The molecule has 6 heteroatoms. The number of hydrogen-bond donors (Lipinski definition) is 1. The van der Waals surface area contributed by atoms with Crippen LogP contribution in [-0.2, 0) is 9.05 Å². The summed E-state index contributed by atoms with van der Waals surface area (Å²) in [6.07, 6.45) is 0. The van der Waals surface area contributed by atoms with Gasteiger partial charge in [0.05, 0.1) is 10.5 Å². The lowest BCUT2D eigenvalue weighted by molar-refractivity contribution is 0.0696. The van der Waals surface area contributed by atoms with Crippen LogP contribution in [0.3, 0.4) is 0 Å². The Morgan fingerprint density at radius 3 is 2.36 bits per heavy atom. The molecule has 1 rings (SSSR count). The molecule has 0 unspecified atom stereocenters. The van der Waals surface area contributed by atoms with E-state index in [0.717, 1.165) is 6.07 Å². The Labute approximate surface area is 85.5 Å². The van der Waals surface area contributed by atoms with Gasteiger partial charge in [0.25, 0.3) is 9.05 Å². The standard InChI is InChI=1S/C8H7ClO4S/c1-5-2-6(8(10)11)4-7(3-5)14(9,12)13/h2-4H,1H3,(H,10,11). The third kappa shape index (κ3) is 2.46. The quantitative estimate of drug-likeness (QED) is 0.790. The third-order valence-electron chi connectivity index (χ3n) is 1.58. The molecule has 76 valence electrons. The maximum Gasteiger partial charge on any atom is 0.335 e. The van der Waals surface area contributed by atoms with Crippen LogP contribution in [0.5, 0.6) is 0 Å². The number of hydrogen-bond acceptors (Lipinski definition) is 3. The molecule has 0 amide bonds. The van der Waals surface area contributed by atoms with Gasteiger partial charge in [-0.3, -0.25) is 0 Å². The number of rotatable bonds is 2. The first kappa shape index (κ1) is 11.0. The fraction of sp³-hybridized carbons (Fsp3) is 0.125. The number of carboxylic acids is 1. The van der Waals surface area contributed by atoms with Crippen LogP contribution >= 0.6 is 10.7 Å². The molecule has 14 heavy (non-hydrogen) atoms. The Hall–Kier alpha value is -1.07. The van der Waals surface area contributed by atoms with E-state index in [0.29, 0.717) is 5.56 Å². The summed E-state index contributed by atoms with van der Waals surface area (Å²) >= 11 is 0. The molecular formula is C8H7ClO4S. The zero-order valence-electron chi connectivity index (χ0n) is 7.19. The van der Waals surface area contributed by atoms with Gasteiger partial charge in [-0.15, -0.1) is 0 Å². The highest BCUT2D eigenvalue weighted by atomic mass is 35.7. The van der Waals surface area contributed by atoms with Crippen molar-refractivity contribution in [2.24, 2.45) is 0 Å². The van der Waals surface area contributed by atoms with Crippen LogP contribution in [0.2, 0.25) is 0 Å². The van der Waals surface area contributed by atoms with E-state index in [9.17, 15) is 13.2 Å². The van der Waals surface area contributed by atoms with Crippen molar-refractivity contribution in [1.29, 1.82) is 0 Å². The molecule has 0 aliphatic carbocycles. The van der Waals surface area contributed by atoms with E-state index < -0.39 is 15.0 Å². The Bertz CT molecular complexity index is 478. The van der Waals surface area contributed by atoms with Gasteiger partial charge in [0.15, 0.2) is 0 Å². The van der Waals surface area contributed by atoms with Gasteiger partial charge in [-0.2, -0.15) is 0 Å².